The van der Waals surface area contributed by atoms with Crippen LogP contribution in [0.3, 0.4) is 0 Å². The van der Waals surface area contributed by atoms with Crippen molar-refractivity contribution in [2.45, 2.75) is 18.6 Å². The normalized spacial score (nSPS) is 19.3. The summed E-state index contributed by atoms with van der Waals surface area (Å²) in [6.45, 7) is 3.81. The van der Waals surface area contributed by atoms with Crippen LogP contribution >= 0.6 is 23.4 Å². The zero-order valence-electron chi connectivity index (χ0n) is 11.3. The minimum Gasteiger partial charge on any atom is -0.387 e. The lowest BCUT2D eigenvalue weighted by Gasteiger charge is -2.32. The van der Waals surface area contributed by atoms with Crippen LogP contribution in [0.15, 0.2) is 18.2 Å². The Kier molecular flexibility index (Phi) is 4.99. The highest BCUT2D eigenvalue weighted by Gasteiger charge is 2.25. The summed E-state index contributed by atoms with van der Waals surface area (Å²) in [6.07, 6.45) is 1.10. The monoisotopic (exact) mass is 298 g/mol. The van der Waals surface area contributed by atoms with Gasteiger partial charge < -0.3 is 10.2 Å². The van der Waals surface area contributed by atoms with Gasteiger partial charge in [-0.05, 0) is 24.6 Å². The minimum atomic E-state index is 0.0746. The average molecular weight is 299 g/mol. The molecule has 0 saturated carbocycles. The van der Waals surface area contributed by atoms with Crippen LogP contribution in [0.1, 0.15) is 23.7 Å². The highest BCUT2D eigenvalue weighted by Crippen LogP contribution is 2.26. The van der Waals surface area contributed by atoms with Crippen molar-refractivity contribution < 1.29 is 4.79 Å². The van der Waals surface area contributed by atoms with E-state index in [2.05, 4.69) is 12.2 Å². The Hall–Kier alpha value is -0.870. The number of carbonyl (C=O) groups is 1. The Labute approximate surface area is 123 Å². The van der Waals surface area contributed by atoms with Gasteiger partial charge in [0.05, 0.1) is 5.56 Å². The zero-order chi connectivity index (χ0) is 13.8. The molecule has 1 unspecified atom stereocenters. The van der Waals surface area contributed by atoms with E-state index in [9.17, 15) is 4.79 Å². The van der Waals surface area contributed by atoms with Crippen LogP contribution in [0.2, 0.25) is 5.02 Å². The number of benzene rings is 1. The molecule has 1 aliphatic heterocycles. The summed E-state index contributed by atoms with van der Waals surface area (Å²) < 4.78 is 0. The molecule has 5 heteroatoms. The Morgan fingerprint density at radius 3 is 3.05 bits per heavy atom. The van der Waals surface area contributed by atoms with Gasteiger partial charge in [0.25, 0.3) is 5.91 Å². The van der Waals surface area contributed by atoms with Crippen LogP contribution in [-0.4, -0.2) is 41.9 Å². The first kappa shape index (κ1) is 14.5. The first-order valence-corrected chi connectivity index (χ1v) is 7.96. The fraction of sp³-hybridized carbons (Fsp3) is 0.500. The molecule has 2 rings (SSSR count). The number of hydrogen-bond donors (Lipinski definition) is 1. The number of amides is 1. The van der Waals surface area contributed by atoms with Gasteiger partial charge in [0.2, 0.25) is 0 Å². The van der Waals surface area contributed by atoms with Crippen LogP contribution in [0.4, 0.5) is 5.69 Å². The van der Waals surface area contributed by atoms with Crippen LogP contribution < -0.4 is 5.32 Å². The summed E-state index contributed by atoms with van der Waals surface area (Å²) in [5.41, 5.74) is 1.50. The summed E-state index contributed by atoms with van der Waals surface area (Å²) in [6, 6.07) is 5.40. The molecule has 1 aromatic carbocycles. The van der Waals surface area contributed by atoms with Crippen LogP contribution in [0, 0.1) is 0 Å². The molecule has 1 amide bonds. The number of anilines is 1. The second-order valence-electron chi connectivity index (χ2n) is 4.59. The summed E-state index contributed by atoms with van der Waals surface area (Å²) in [5, 5.41) is 4.21. The summed E-state index contributed by atoms with van der Waals surface area (Å²) in [7, 11) is 1.82. The molecule has 0 aliphatic carbocycles. The number of carbonyl (C=O) groups excluding carboxylic acids is 1. The molecule has 1 aromatic rings. The van der Waals surface area contributed by atoms with E-state index in [1.54, 1.807) is 12.1 Å². The standard InChI is InChI=1S/C14H19ClN2OS/c1-3-11-9-17(6-7-19-11)14(18)12-8-10(15)4-5-13(12)16-2/h4-5,8,11,16H,3,6-7,9H2,1-2H3. The Balaban J connectivity index is 2.21. The average Bonchev–Trinajstić information content (AvgIpc) is 2.46. The molecule has 1 atom stereocenters. The molecule has 19 heavy (non-hydrogen) atoms. The smallest absolute Gasteiger partial charge is 0.256 e. The quantitative estimate of drug-likeness (QED) is 0.929. The Morgan fingerprint density at radius 1 is 1.58 bits per heavy atom. The molecule has 1 fully saturated rings. The lowest BCUT2D eigenvalue weighted by molar-refractivity contribution is 0.0762. The summed E-state index contributed by atoms with van der Waals surface area (Å²) in [5.74, 6) is 1.09. The Morgan fingerprint density at radius 2 is 2.37 bits per heavy atom. The maximum atomic E-state index is 12.6. The van der Waals surface area contributed by atoms with Crippen molar-refractivity contribution in [1.29, 1.82) is 0 Å². The number of halogens is 1. The van der Waals surface area contributed by atoms with Crippen LogP contribution in [0.25, 0.3) is 0 Å². The van der Waals surface area contributed by atoms with Gasteiger partial charge in [-0.15, -0.1) is 0 Å². The molecule has 104 valence electrons. The van der Waals surface area contributed by atoms with Crippen LogP contribution in [-0.2, 0) is 0 Å². The number of rotatable bonds is 3. The van der Waals surface area contributed by atoms with E-state index in [-0.39, 0.29) is 5.91 Å². The number of hydrogen-bond acceptors (Lipinski definition) is 3. The van der Waals surface area contributed by atoms with Crippen LogP contribution in [0.5, 0.6) is 0 Å². The van der Waals surface area contributed by atoms with Gasteiger partial charge in [-0.1, -0.05) is 18.5 Å². The topological polar surface area (TPSA) is 32.3 Å². The van der Waals surface area contributed by atoms with Gasteiger partial charge >= 0.3 is 0 Å². The molecule has 0 radical (unpaired) electrons. The number of nitrogens with zero attached hydrogens (tertiary/aromatic N) is 1. The number of thioether (sulfide) groups is 1. The fourth-order valence-corrected chi connectivity index (χ4v) is 3.58. The van der Waals surface area contributed by atoms with E-state index in [4.69, 9.17) is 11.6 Å². The predicted octanol–water partition coefficient (Wildman–Crippen LogP) is 3.35. The fourth-order valence-electron chi connectivity index (χ4n) is 2.23. The van der Waals surface area contributed by atoms with E-state index in [1.807, 2.05) is 29.8 Å². The molecule has 0 aromatic heterocycles. The first-order valence-electron chi connectivity index (χ1n) is 6.54. The first-order chi connectivity index (χ1) is 9.15. The van der Waals surface area contributed by atoms with Gasteiger partial charge in [-0.25, -0.2) is 0 Å². The predicted molar refractivity (Wildman–Crippen MR) is 83.4 cm³/mol. The molecule has 1 heterocycles. The molecule has 1 aliphatic rings. The highest BCUT2D eigenvalue weighted by molar-refractivity contribution is 8.00. The lowest BCUT2D eigenvalue weighted by atomic mass is 10.1. The maximum Gasteiger partial charge on any atom is 0.256 e. The van der Waals surface area contributed by atoms with E-state index in [0.29, 0.717) is 15.8 Å². The molecular formula is C14H19ClN2OS. The third-order valence-corrected chi connectivity index (χ3v) is 4.97. The van der Waals surface area contributed by atoms with Gasteiger partial charge in [-0.3, -0.25) is 4.79 Å². The number of nitrogens with one attached hydrogen (secondary N) is 1. The maximum absolute atomic E-state index is 12.6. The SMILES string of the molecule is CCC1CN(C(=O)c2cc(Cl)ccc2NC)CCS1. The zero-order valence-corrected chi connectivity index (χ0v) is 12.9. The highest BCUT2D eigenvalue weighted by atomic mass is 35.5. The Bertz CT molecular complexity index is 467. The van der Waals surface area contributed by atoms with Crippen molar-refractivity contribution in [1.82, 2.24) is 4.90 Å². The van der Waals surface area contributed by atoms with Gasteiger partial charge in [0, 0.05) is 41.8 Å². The summed E-state index contributed by atoms with van der Waals surface area (Å²) in [4.78, 5) is 14.6. The van der Waals surface area contributed by atoms with Crippen molar-refractivity contribution in [2.24, 2.45) is 0 Å². The molecule has 0 bridgehead atoms. The van der Waals surface area contributed by atoms with Crippen molar-refractivity contribution in [3.63, 3.8) is 0 Å². The molecule has 1 N–H and O–H groups in total. The molecular weight excluding hydrogens is 280 g/mol. The minimum absolute atomic E-state index is 0.0746. The third-order valence-electron chi connectivity index (χ3n) is 3.36. The molecule has 1 saturated heterocycles. The molecule has 3 nitrogen and oxygen atoms in total. The largest absolute Gasteiger partial charge is 0.387 e. The van der Waals surface area contributed by atoms with Gasteiger partial charge in [0.15, 0.2) is 0 Å². The van der Waals surface area contributed by atoms with Crippen molar-refractivity contribution in [2.75, 3.05) is 31.2 Å². The van der Waals surface area contributed by atoms with E-state index < -0.39 is 0 Å². The van der Waals surface area contributed by atoms with Crippen molar-refractivity contribution >= 4 is 35.0 Å². The van der Waals surface area contributed by atoms with Gasteiger partial charge in [-0.2, -0.15) is 11.8 Å². The van der Waals surface area contributed by atoms with Gasteiger partial charge in [0.1, 0.15) is 0 Å². The van der Waals surface area contributed by atoms with E-state index in [0.717, 1.165) is 31.0 Å². The van der Waals surface area contributed by atoms with Crippen molar-refractivity contribution in [3.05, 3.63) is 28.8 Å². The van der Waals surface area contributed by atoms with E-state index in [1.165, 1.54) is 0 Å². The lowest BCUT2D eigenvalue weighted by Crippen LogP contribution is -2.41. The van der Waals surface area contributed by atoms with Crippen molar-refractivity contribution in [3.8, 4) is 0 Å². The molecule has 0 spiro atoms. The third kappa shape index (κ3) is 3.37. The summed E-state index contributed by atoms with van der Waals surface area (Å²) >= 11 is 7.97. The second kappa shape index (κ2) is 6.53. The second-order valence-corrected chi connectivity index (χ2v) is 6.44. The van der Waals surface area contributed by atoms with E-state index >= 15 is 0 Å².